The molecule has 39 heavy (non-hydrogen) atoms. The number of methoxy groups -OCH3 is 1. The van der Waals surface area contributed by atoms with Crippen molar-refractivity contribution >= 4 is 22.8 Å². The van der Waals surface area contributed by atoms with Crippen molar-refractivity contribution in [1.29, 1.82) is 0 Å². The summed E-state index contributed by atoms with van der Waals surface area (Å²) in [7, 11) is 1.33. The van der Waals surface area contributed by atoms with Crippen LogP contribution in [-0.2, 0) is 27.1 Å². The summed E-state index contributed by atoms with van der Waals surface area (Å²) < 4.78 is 16.8. The molecule has 4 aromatic rings. The van der Waals surface area contributed by atoms with E-state index in [4.69, 9.17) is 14.2 Å². The van der Waals surface area contributed by atoms with E-state index in [2.05, 4.69) is 41.7 Å². The summed E-state index contributed by atoms with van der Waals surface area (Å²) in [5.41, 5.74) is 2.31. The van der Waals surface area contributed by atoms with Crippen molar-refractivity contribution in [2.45, 2.75) is 51.2 Å². The monoisotopic (exact) mass is 523 g/mol. The lowest BCUT2D eigenvalue weighted by molar-refractivity contribution is -0.149. The topological polar surface area (TPSA) is 73.9 Å². The van der Waals surface area contributed by atoms with E-state index >= 15 is 0 Å². The van der Waals surface area contributed by atoms with Crippen molar-refractivity contribution in [1.82, 2.24) is 5.32 Å². The van der Waals surface area contributed by atoms with E-state index in [1.54, 1.807) is 20.8 Å². The Morgan fingerprint density at radius 2 is 1.54 bits per heavy atom. The molecule has 0 heterocycles. The molecule has 1 atom stereocenters. The Bertz CT molecular complexity index is 1540. The molecule has 0 bridgehead atoms. The average Bonchev–Trinajstić information content (AvgIpc) is 2.91. The number of alkyl carbamates (subject to hydrolysis) is 1. The number of aryl methyl sites for hydroxylation is 1. The predicted octanol–water partition coefficient (Wildman–Crippen LogP) is 7.22. The molecule has 6 nitrogen and oxygen atoms in total. The third kappa shape index (κ3) is 5.90. The lowest BCUT2D eigenvalue weighted by Gasteiger charge is -2.36. The Labute approximate surface area is 228 Å². The number of carbonyl (C=O) groups is 2. The van der Waals surface area contributed by atoms with Crippen LogP contribution in [0.5, 0.6) is 11.5 Å². The Kier molecular flexibility index (Phi) is 7.04. The van der Waals surface area contributed by atoms with Gasteiger partial charge in [0.15, 0.2) is 0 Å². The number of rotatable bonds is 5. The molecule has 0 saturated heterocycles. The third-order valence-electron chi connectivity index (χ3n) is 6.96. The summed E-state index contributed by atoms with van der Waals surface area (Å²) in [5, 5.41) is 5.20. The van der Waals surface area contributed by atoms with Gasteiger partial charge < -0.3 is 19.5 Å². The second kappa shape index (κ2) is 10.4. The minimum atomic E-state index is -1.21. The first-order valence-electron chi connectivity index (χ1n) is 13.1. The molecule has 6 heteroatoms. The number of esters is 1. The van der Waals surface area contributed by atoms with Crippen LogP contribution < -0.4 is 10.1 Å². The van der Waals surface area contributed by atoms with Gasteiger partial charge in [-0.15, -0.1) is 0 Å². The predicted molar refractivity (Wildman–Crippen MR) is 152 cm³/mol. The van der Waals surface area contributed by atoms with E-state index in [9.17, 15) is 9.59 Å². The molecule has 200 valence electrons. The number of benzene rings is 4. The number of ether oxygens (including phenoxy) is 3. The maximum absolute atomic E-state index is 12.9. The fourth-order valence-electron chi connectivity index (χ4n) is 5.11. The summed E-state index contributed by atoms with van der Waals surface area (Å²) in [5.74, 6) is 0.873. The first-order valence-corrected chi connectivity index (χ1v) is 13.1. The highest BCUT2D eigenvalue weighted by molar-refractivity contribution is 5.88. The van der Waals surface area contributed by atoms with Crippen molar-refractivity contribution in [3.63, 3.8) is 0 Å². The zero-order valence-corrected chi connectivity index (χ0v) is 22.7. The van der Waals surface area contributed by atoms with Crippen LogP contribution in [-0.4, -0.2) is 30.3 Å². The molecule has 0 aliphatic heterocycles. The van der Waals surface area contributed by atoms with Crippen molar-refractivity contribution in [3.05, 3.63) is 96.1 Å². The largest absolute Gasteiger partial charge is 0.467 e. The first kappa shape index (κ1) is 26.3. The van der Waals surface area contributed by atoms with Gasteiger partial charge in [-0.3, -0.25) is 0 Å². The molecule has 1 unspecified atom stereocenters. The highest BCUT2D eigenvalue weighted by Crippen LogP contribution is 2.35. The minimum absolute atomic E-state index is 0.280. The van der Waals surface area contributed by atoms with Crippen LogP contribution in [0.2, 0.25) is 0 Å². The molecule has 1 aliphatic carbocycles. The molecular weight excluding hydrogens is 490 g/mol. The molecule has 0 aromatic heterocycles. The van der Waals surface area contributed by atoms with Gasteiger partial charge in [-0.25, -0.2) is 9.59 Å². The smallest absolute Gasteiger partial charge is 0.408 e. The van der Waals surface area contributed by atoms with E-state index in [1.165, 1.54) is 17.9 Å². The number of amides is 1. The normalized spacial score (nSPS) is 16.7. The van der Waals surface area contributed by atoms with Gasteiger partial charge in [-0.1, -0.05) is 54.6 Å². The Morgan fingerprint density at radius 1 is 0.795 bits per heavy atom. The quantitative estimate of drug-likeness (QED) is 0.280. The number of carbonyl (C=O) groups excluding carboxylic acids is 2. The Balaban J connectivity index is 1.38. The van der Waals surface area contributed by atoms with Crippen molar-refractivity contribution in [2.24, 2.45) is 0 Å². The van der Waals surface area contributed by atoms with Crippen molar-refractivity contribution < 1.29 is 23.8 Å². The molecule has 0 radical (unpaired) electrons. The van der Waals surface area contributed by atoms with E-state index in [1.807, 2.05) is 48.5 Å². The second-order valence-electron chi connectivity index (χ2n) is 11.0. The van der Waals surface area contributed by atoms with Crippen LogP contribution in [0.4, 0.5) is 4.79 Å². The van der Waals surface area contributed by atoms with Crippen LogP contribution in [0.25, 0.3) is 21.9 Å². The van der Waals surface area contributed by atoms with Gasteiger partial charge in [-0.05, 0) is 97.0 Å². The fourth-order valence-corrected chi connectivity index (χ4v) is 5.11. The van der Waals surface area contributed by atoms with E-state index < -0.39 is 23.2 Å². The van der Waals surface area contributed by atoms with Crippen LogP contribution in [0.1, 0.15) is 38.3 Å². The fraction of sp³-hybridized carbons (Fsp3) is 0.273. The first-order chi connectivity index (χ1) is 18.6. The molecule has 1 N–H and O–H groups in total. The van der Waals surface area contributed by atoms with Crippen molar-refractivity contribution in [3.8, 4) is 22.6 Å². The third-order valence-corrected chi connectivity index (χ3v) is 6.96. The standard InChI is InChI=1S/C33H33NO5/c1-32(2,3)39-31(36)34-33(30(35)37-4)17-16-23-14-15-29(20-27(23)21-33)38-28-11-7-10-25(19-28)26-13-12-22-8-5-6-9-24(22)18-26/h5-15,18-20H,16-17,21H2,1-4H3,(H,34,36). The summed E-state index contributed by atoms with van der Waals surface area (Å²) in [6.45, 7) is 5.35. The number of fused-ring (bicyclic) bond motifs is 2. The highest BCUT2D eigenvalue weighted by Gasteiger charge is 2.44. The molecule has 0 fully saturated rings. The summed E-state index contributed by atoms with van der Waals surface area (Å²) >= 11 is 0. The minimum Gasteiger partial charge on any atom is -0.467 e. The van der Waals surface area contributed by atoms with Gasteiger partial charge >= 0.3 is 12.1 Å². The van der Waals surface area contributed by atoms with E-state index in [0.717, 1.165) is 22.3 Å². The number of nitrogens with one attached hydrogen (secondary N) is 1. The molecule has 0 saturated carbocycles. The van der Waals surface area contributed by atoms with Crippen LogP contribution in [0.3, 0.4) is 0 Å². The molecule has 5 rings (SSSR count). The van der Waals surface area contributed by atoms with Crippen LogP contribution in [0, 0.1) is 0 Å². The summed E-state index contributed by atoms with van der Waals surface area (Å²) in [6.07, 6.45) is 0.662. The molecule has 0 spiro atoms. The Morgan fingerprint density at radius 3 is 2.31 bits per heavy atom. The zero-order valence-electron chi connectivity index (χ0n) is 22.7. The maximum atomic E-state index is 12.9. The van der Waals surface area contributed by atoms with Crippen LogP contribution >= 0.6 is 0 Å². The number of hydrogen-bond acceptors (Lipinski definition) is 5. The Hall–Kier alpha value is -4.32. The van der Waals surface area contributed by atoms with Gasteiger partial charge in [0.05, 0.1) is 7.11 Å². The lowest BCUT2D eigenvalue weighted by Crippen LogP contribution is -2.59. The van der Waals surface area contributed by atoms with Gasteiger partial charge in [0, 0.05) is 6.42 Å². The highest BCUT2D eigenvalue weighted by atomic mass is 16.6. The maximum Gasteiger partial charge on any atom is 0.408 e. The van der Waals surface area contributed by atoms with E-state index in [0.29, 0.717) is 24.3 Å². The van der Waals surface area contributed by atoms with Gasteiger partial charge in [0.25, 0.3) is 0 Å². The zero-order chi connectivity index (χ0) is 27.6. The summed E-state index contributed by atoms with van der Waals surface area (Å²) in [4.78, 5) is 25.5. The molecule has 4 aromatic carbocycles. The van der Waals surface area contributed by atoms with E-state index in [-0.39, 0.29) is 6.42 Å². The second-order valence-corrected chi connectivity index (χ2v) is 11.0. The van der Waals surface area contributed by atoms with Gasteiger partial charge in [-0.2, -0.15) is 0 Å². The van der Waals surface area contributed by atoms with Crippen LogP contribution in [0.15, 0.2) is 84.9 Å². The average molecular weight is 524 g/mol. The van der Waals surface area contributed by atoms with Crippen molar-refractivity contribution in [2.75, 3.05) is 7.11 Å². The molecule has 1 aliphatic rings. The SMILES string of the molecule is COC(=O)C1(NC(=O)OC(C)(C)C)CCc2ccc(Oc3cccc(-c4ccc5ccccc5c4)c3)cc2C1. The summed E-state index contributed by atoms with van der Waals surface area (Å²) in [6, 6.07) is 28.6. The molecular formula is C33H33NO5. The number of hydrogen-bond donors (Lipinski definition) is 1. The lowest BCUT2D eigenvalue weighted by atomic mass is 9.78. The van der Waals surface area contributed by atoms with Gasteiger partial charge in [0.1, 0.15) is 22.6 Å². The van der Waals surface area contributed by atoms with Gasteiger partial charge in [0.2, 0.25) is 0 Å². The molecule has 1 amide bonds.